The molecule has 0 aliphatic rings. The van der Waals surface area contributed by atoms with Crippen LogP contribution >= 0.6 is 0 Å². The second kappa shape index (κ2) is 6.88. The van der Waals surface area contributed by atoms with Crippen molar-refractivity contribution in [3.63, 3.8) is 0 Å². The zero-order chi connectivity index (χ0) is 14.5. The molecular formula is C13H22N2O3S. The zero-order valence-corrected chi connectivity index (χ0v) is 12.4. The second-order valence-corrected chi connectivity index (χ2v) is 6.57. The lowest BCUT2D eigenvalue weighted by Crippen LogP contribution is -2.40. The molecule has 5 nitrogen and oxygen atoms in total. The molecule has 0 spiro atoms. The minimum absolute atomic E-state index is 0.218. The summed E-state index contributed by atoms with van der Waals surface area (Å²) in [6, 6.07) is 6.03. The summed E-state index contributed by atoms with van der Waals surface area (Å²) >= 11 is 0. The predicted octanol–water partition coefficient (Wildman–Crippen LogP) is 1.35. The molecule has 0 radical (unpaired) electrons. The second-order valence-electron chi connectivity index (χ2n) is 4.86. The summed E-state index contributed by atoms with van der Waals surface area (Å²) in [5, 5.41) is 0. The topological polar surface area (TPSA) is 81.4 Å². The number of hydrogen-bond acceptors (Lipinski definition) is 4. The third-order valence-corrected chi connectivity index (χ3v) is 4.27. The van der Waals surface area contributed by atoms with Gasteiger partial charge < -0.3 is 10.5 Å². The van der Waals surface area contributed by atoms with E-state index < -0.39 is 10.0 Å². The van der Waals surface area contributed by atoms with Crippen LogP contribution in [0.15, 0.2) is 29.2 Å². The normalized spacial score (nSPS) is 13.5. The van der Waals surface area contributed by atoms with E-state index in [1.807, 2.05) is 13.8 Å². The van der Waals surface area contributed by atoms with Gasteiger partial charge in [-0.15, -0.1) is 0 Å². The molecule has 1 atom stereocenters. The van der Waals surface area contributed by atoms with Gasteiger partial charge in [0, 0.05) is 12.6 Å². The molecule has 0 saturated carbocycles. The largest absolute Gasteiger partial charge is 0.497 e. The van der Waals surface area contributed by atoms with Gasteiger partial charge in [-0.25, -0.2) is 13.1 Å². The third-order valence-electron chi connectivity index (χ3n) is 2.73. The van der Waals surface area contributed by atoms with Crippen LogP contribution in [0.4, 0.5) is 0 Å². The van der Waals surface area contributed by atoms with Gasteiger partial charge in [-0.3, -0.25) is 0 Å². The van der Waals surface area contributed by atoms with E-state index in [4.69, 9.17) is 10.5 Å². The highest BCUT2D eigenvalue weighted by Gasteiger charge is 2.19. The Kier molecular flexibility index (Phi) is 5.78. The minimum atomic E-state index is -3.53. The van der Waals surface area contributed by atoms with Crippen LogP contribution in [-0.2, 0) is 10.0 Å². The molecule has 0 saturated heterocycles. The van der Waals surface area contributed by atoms with E-state index in [1.54, 1.807) is 12.1 Å². The molecule has 1 aromatic rings. The molecule has 0 aromatic heterocycles. The molecule has 0 fully saturated rings. The number of rotatable bonds is 7. The number of nitrogens with one attached hydrogen (secondary N) is 1. The molecular weight excluding hydrogens is 264 g/mol. The third kappa shape index (κ3) is 4.81. The summed E-state index contributed by atoms with van der Waals surface area (Å²) in [6.45, 7) is 4.35. The van der Waals surface area contributed by atoms with Crippen LogP contribution in [-0.4, -0.2) is 28.1 Å². The summed E-state index contributed by atoms with van der Waals surface area (Å²) in [6.07, 6.45) is 0.714. The van der Waals surface area contributed by atoms with Crippen LogP contribution in [0.3, 0.4) is 0 Å². The molecule has 0 heterocycles. The monoisotopic (exact) mass is 286 g/mol. The van der Waals surface area contributed by atoms with Gasteiger partial charge in [-0.2, -0.15) is 0 Å². The van der Waals surface area contributed by atoms with E-state index in [1.165, 1.54) is 19.2 Å². The molecule has 3 N–H and O–H groups in total. The molecule has 0 aliphatic carbocycles. The van der Waals surface area contributed by atoms with Gasteiger partial charge in [0.15, 0.2) is 0 Å². The van der Waals surface area contributed by atoms with Crippen LogP contribution < -0.4 is 15.2 Å². The van der Waals surface area contributed by atoms with E-state index in [9.17, 15) is 8.42 Å². The molecule has 1 unspecified atom stereocenters. The fourth-order valence-corrected chi connectivity index (χ4v) is 3.07. The fourth-order valence-electron chi connectivity index (χ4n) is 1.80. The Balaban J connectivity index is 2.84. The van der Waals surface area contributed by atoms with Crippen molar-refractivity contribution in [1.29, 1.82) is 0 Å². The number of benzene rings is 1. The van der Waals surface area contributed by atoms with Crippen LogP contribution in [0.1, 0.15) is 20.3 Å². The highest BCUT2D eigenvalue weighted by molar-refractivity contribution is 7.89. The Morgan fingerprint density at radius 1 is 1.26 bits per heavy atom. The van der Waals surface area contributed by atoms with Crippen molar-refractivity contribution in [3.8, 4) is 5.75 Å². The quantitative estimate of drug-likeness (QED) is 0.792. The lowest BCUT2D eigenvalue weighted by Gasteiger charge is -2.18. The smallest absolute Gasteiger partial charge is 0.240 e. The first-order valence-electron chi connectivity index (χ1n) is 6.25. The molecule has 0 amide bonds. The molecule has 6 heteroatoms. The number of hydrogen-bond donors (Lipinski definition) is 2. The van der Waals surface area contributed by atoms with Crippen molar-refractivity contribution >= 4 is 10.0 Å². The van der Waals surface area contributed by atoms with Crippen LogP contribution in [0.2, 0.25) is 0 Å². The van der Waals surface area contributed by atoms with Crippen molar-refractivity contribution in [2.24, 2.45) is 11.7 Å². The fraction of sp³-hybridized carbons (Fsp3) is 0.538. The molecule has 0 aliphatic heterocycles. The van der Waals surface area contributed by atoms with Gasteiger partial charge in [-0.05, 0) is 36.6 Å². The first kappa shape index (κ1) is 15.9. The lowest BCUT2D eigenvalue weighted by molar-refractivity contribution is 0.414. The van der Waals surface area contributed by atoms with Crippen molar-refractivity contribution in [2.75, 3.05) is 13.7 Å². The predicted molar refractivity (Wildman–Crippen MR) is 75.6 cm³/mol. The van der Waals surface area contributed by atoms with Gasteiger partial charge in [-0.1, -0.05) is 13.8 Å². The maximum absolute atomic E-state index is 12.2. The molecule has 108 valence electrons. The van der Waals surface area contributed by atoms with Crippen LogP contribution in [0, 0.1) is 5.92 Å². The standard InChI is InChI=1S/C13H22N2O3S/c1-10(2)8-11(9-14)15-19(16,17)13-6-4-12(18-3)5-7-13/h4-7,10-11,15H,8-9,14H2,1-3H3. The highest BCUT2D eigenvalue weighted by atomic mass is 32.2. The van der Waals surface area contributed by atoms with E-state index in [2.05, 4.69) is 4.72 Å². The Morgan fingerprint density at radius 3 is 2.26 bits per heavy atom. The van der Waals surface area contributed by atoms with E-state index in [0.717, 1.165) is 0 Å². The number of sulfonamides is 1. The molecule has 0 bridgehead atoms. The number of methoxy groups -OCH3 is 1. The minimum Gasteiger partial charge on any atom is -0.497 e. The number of ether oxygens (including phenoxy) is 1. The summed E-state index contributed by atoms with van der Waals surface area (Å²) < 4.78 is 32.0. The van der Waals surface area contributed by atoms with E-state index in [-0.39, 0.29) is 17.5 Å². The zero-order valence-electron chi connectivity index (χ0n) is 11.6. The Morgan fingerprint density at radius 2 is 1.84 bits per heavy atom. The average molecular weight is 286 g/mol. The van der Waals surface area contributed by atoms with Gasteiger partial charge in [0.25, 0.3) is 0 Å². The van der Waals surface area contributed by atoms with Gasteiger partial charge in [0.2, 0.25) is 10.0 Å². The maximum Gasteiger partial charge on any atom is 0.240 e. The van der Waals surface area contributed by atoms with E-state index in [0.29, 0.717) is 18.1 Å². The average Bonchev–Trinajstić information content (AvgIpc) is 2.37. The number of nitrogens with two attached hydrogens (primary N) is 1. The summed E-state index contributed by atoms with van der Waals surface area (Å²) in [5.74, 6) is 1.00. The van der Waals surface area contributed by atoms with E-state index >= 15 is 0 Å². The van der Waals surface area contributed by atoms with Crippen molar-refractivity contribution in [3.05, 3.63) is 24.3 Å². The van der Waals surface area contributed by atoms with Crippen LogP contribution in [0.25, 0.3) is 0 Å². The van der Waals surface area contributed by atoms with Crippen molar-refractivity contribution < 1.29 is 13.2 Å². The van der Waals surface area contributed by atoms with Crippen LogP contribution in [0.5, 0.6) is 5.75 Å². The summed E-state index contributed by atoms with van der Waals surface area (Å²) in [4.78, 5) is 0.218. The summed E-state index contributed by atoms with van der Waals surface area (Å²) in [5.41, 5.74) is 5.61. The van der Waals surface area contributed by atoms with Gasteiger partial charge >= 0.3 is 0 Å². The molecule has 1 aromatic carbocycles. The van der Waals surface area contributed by atoms with Crippen molar-refractivity contribution in [2.45, 2.75) is 31.2 Å². The SMILES string of the molecule is COc1ccc(S(=O)(=O)NC(CN)CC(C)C)cc1. The molecule has 19 heavy (non-hydrogen) atoms. The first-order chi connectivity index (χ1) is 8.89. The first-order valence-corrected chi connectivity index (χ1v) is 7.73. The molecule has 1 rings (SSSR count). The van der Waals surface area contributed by atoms with Gasteiger partial charge in [0.05, 0.1) is 12.0 Å². The Bertz CT molecular complexity index is 483. The Hall–Kier alpha value is -1.11. The lowest BCUT2D eigenvalue weighted by atomic mass is 10.1. The maximum atomic E-state index is 12.2. The van der Waals surface area contributed by atoms with Crippen molar-refractivity contribution in [1.82, 2.24) is 4.72 Å². The van der Waals surface area contributed by atoms with Gasteiger partial charge in [0.1, 0.15) is 5.75 Å². The highest BCUT2D eigenvalue weighted by Crippen LogP contribution is 2.16. The summed E-state index contributed by atoms with van der Waals surface area (Å²) in [7, 11) is -1.99. The Labute approximate surface area is 115 Å².